The minimum Gasteiger partial charge on any atom is -0.474 e. The molecule has 0 fully saturated rings. The van der Waals surface area contributed by atoms with Crippen molar-refractivity contribution in [3.8, 4) is 23.4 Å². The van der Waals surface area contributed by atoms with Crippen molar-refractivity contribution in [2.24, 2.45) is 0 Å². The molecule has 102 valence electrons. The van der Waals surface area contributed by atoms with Crippen LogP contribution in [0.2, 0.25) is 5.02 Å². The zero-order valence-corrected chi connectivity index (χ0v) is 11.9. The fourth-order valence-corrected chi connectivity index (χ4v) is 1.71. The van der Waals surface area contributed by atoms with Gasteiger partial charge in [0.2, 0.25) is 5.88 Å². The van der Waals surface area contributed by atoms with Crippen LogP contribution >= 0.6 is 11.6 Å². The number of pyridine rings is 1. The Balaban J connectivity index is 2.13. The van der Waals surface area contributed by atoms with E-state index in [2.05, 4.69) is 4.98 Å². The van der Waals surface area contributed by atoms with E-state index in [0.717, 1.165) is 0 Å². The van der Waals surface area contributed by atoms with Crippen LogP contribution in [-0.4, -0.2) is 11.1 Å². The summed E-state index contributed by atoms with van der Waals surface area (Å²) in [6.45, 7) is 3.80. The number of ether oxygens (including phenoxy) is 2. The first-order valence-electron chi connectivity index (χ1n) is 6.08. The third-order valence-corrected chi connectivity index (χ3v) is 2.62. The molecule has 5 heteroatoms. The zero-order valence-electron chi connectivity index (χ0n) is 11.1. The van der Waals surface area contributed by atoms with Gasteiger partial charge in [-0.15, -0.1) is 0 Å². The Kier molecular flexibility index (Phi) is 4.44. The van der Waals surface area contributed by atoms with Gasteiger partial charge in [-0.25, -0.2) is 4.98 Å². The van der Waals surface area contributed by atoms with Crippen LogP contribution in [0.5, 0.6) is 17.4 Å². The quantitative estimate of drug-likeness (QED) is 0.846. The topological polar surface area (TPSA) is 55.1 Å². The molecule has 0 saturated carbocycles. The van der Waals surface area contributed by atoms with Gasteiger partial charge in [-0.1, -0.05) is 11.6 Å². The van der Waals surface area contributed by atoms with E-state index in [1.165, 1.54) is 0 Å². The number of hydrogen-bond donors (Lipinski definition) is 0. The number of halogens is 1. The van der Waals surface area contributed by atoms with E-state index in [9.17, 15) is 0 Å². The molecule has 0 aliphatic rings. The van der Waals surface area contributed by atoms with E-state index in [0.29, 0.717) is 28.0 Å². The van der Waals surface area contributed by atoms with Gasteiger partial charge in [0, 0.05) is 6.07 Å². The van der Waals surface area contributed by atoms with Crippen molar-refractivity contribution in [1.29, 1.82) is 5.26 Å². The van der Waals surface area contributed by atoms with Crippen molar-refractivity contribution in [2.45, 2.75) is 20.0 Å². The fourth-order valence-electron chi connectivity index (χ4n) is 1.51. The Labute approximate surface area is 122 Å². The number of nitriles is 1. The molecule has 0 N–H and O–H groups in total. The molecule has 0 aliphatic carbocycles. The zero-order chi connectivity index (χ0) is 14.5. The van der Waals surface area contributed by atoms with E-state index in [1.807, 2.05) is 19.9 Å². The highest BCUT2D eigenvalue weighted by Gasteiger charge is 2.08. The second-order valence-corrected chi connectivity index (χ2v) is 4.77. The van der Waals surface area contributed by atoms with Gasteiger partial charge in [0.25, 0.3) is 0 Å². The number of nitrogens with zero attached hydrogens (tertiary/aromatic N) is 2. The smallest absolute Gasteiger partial charge is 0.233 e. The third kappa shape index (κ3) is 3.62. The lowest BCUT2D eigenvalue weighted by atomic mass is 10.2. The van der Waals surface area contributed by atoms with Gasteiger partial charge < -0.3 is 9.47 Å². The molecule has 0 saturated heterocycles. The monoisotopic (exact) mass is 288 g/mol. The second-order valence-electron chi connectivity index (χ2n) is 4.36. The average molecular weight is 289 g/mol. The Morgan fingerprint density at radius 3 is 2.45 bits per heavy atom. The first-order chi connectivity index (χ1) is 9.58. The van der Waals surface area contributed by atoms with Gasteiger partial charge in [-0.2, -0.15) is 5.26 Å². The molecule has 1 aromatic heterocycles. The Morgan fingerprint density at radius 1 is 1.20 bits per heavy atom. The fraction of sp³-hybridized carbons (Fsp3) is 0.200. The van der Waals surface area contributed by atoms with Gasteiger partial charge in [-0.3, -0.25) is 0 Å². The predicted molar refractivity (Wildman–Crippen MR) is 76.2 cm³/mol. The molecule has 0 unspecified atom stereocenters. The predicted octanol–water partition coefficient (Wildman–Crippen LogP) is 4.19. The molecule has 0 bridgehead atoms. The summed E-state index contributed by atoms with van der Waals surface area (Å²) < 4.78 is 11.1. The lowest BCUT2D eigenvalue weighted by molar-refractivity contribution is 0.232. The maximum atomic E-state index is 8.72. The summed E-state index contributed by atoms with van der Waals surface area (Å²) in [6.07, 6.45) is 1.55. The minimum absolute atomic E-state index is 0.00490. The summed E-state index contributed by atoms with van der Waals surface area (Å²) in [5.74, 6) is 1.50. The van der Waals surface area contributed by atoms with Crippen LogP contribution in [-0.2, 0) is 0 Å². The van der Waals surface area contributed by atoms with Crippen LogP contribution in [0.1, 0.15) is 19.4 Å². The molecule has 0 atom stereocenters. The molecular formula is C15H13ClN2O2. The maximum Gasteiger partial charge on any atom is 0.233 e. The molecule has 1 heterocycles. The van der Waals surface area contributed by atoms with Gasteiger partial charge >= 0.3 is 0 Å². The van der Waals surface area contributed by atoms with Gasteiger partial charge in [0.05, 0.1) is 23.9 Å². The lowest BCUT2D eigenvalue weighted by Gasteiger charge is -2.11. The first kappa shape index (κ1) is 14.2. The molecule has 2 aromatic rings. The highest BCUT2D eigenvalue weighted by molar-refractivity contribution is 6.31. The van der Waals surface area contributed by atoms with E-state index in [4.69, 9.17) is 26.3 Å². The largest absolute Gasteiger partial charge is 0.474 e. The summed E-state index contributed by atoms with van der Waals surface area (Å²) >= 11 is 6.08. The molecule has 2 rings (SSSR count). The summed E-state index contributed by atoms with van der Waals surface area (Å²) in [5.41, 5.74) is 0.578. The Hall–Kier alpha value is -2.25. The normalized spacial score (nSPS) is 10.2. The average Bonchev–Trinajstić information content (AvgIpc) is 2.42. The van der Waals surface area contributed by atoms with Crippen molar-refractivity contribution in [3.63, 3.8) is 0 Å². The highest BCUT2D eigenvalue weighted by Crippen LogP contribution is 2.29. The van der Waals surface area contributed by atoms with Crippen LogP contribution in [0, 0.1) is 11.3 Å². The number of hydrogen-bond acceptors (Lipinski definition) is 4. The SMILES string of the molecule is CC(C)Oc1ncc(Oc2ccc(C#N)cc2)cc1Cl. The molecule has 1 aromatic carbocycles. The molecule has 0 radical (unpaired) electrons. The molecule has 0 amide bonds. The third-order valence-electron chi connectivity index (χ3n) is 2.35. The van der Waals surface area contributed by atoms with Crippen molar-refractivity contribution in [3.05, 3.63) is 47.1 Å². The van der Waals surface area contributed by atoms with E-state index < -0.39 is 0 Å². The molecule has 0 aliphatic heterocycles. The number of aromatic nitrogens is 1. The van der Waals surface area contributed by atoms with Gasteiger partial charge in [0.1, 0.15) is 16.5 Å². The van der Waals surface area contributed by atoms with E-state index in [1.54, 1.807) is 36.5 Å². The van der Waals surface area contributed by atoms with E-state index in [-0.39, 0.29) is 6.10 Å². The van der Waals surface area contributed by atoms with Crippen molar-refractivity contribution in [1.82, 2.24) is 4.98 Å². The van der Waals surface area contributed by atoms with Crippen molar-refractivity contribution >= 4 is 11.6 Å². The van der Waals surface area contributed by atoms with Crippen LogP contribution in [0.3, 0.4) is 0 Å². The van der Waals surface area contributed by atoms with Gasteiger partial charge in [-0.05, 0) is 38.1 Å². The summed E-state index contributed by atoms with van der Waals surface area (Å²) in [6, 6.07) is 10.5. The molecule has 0 spiro atoms. The van der Waals surface area contributed by atoms with Crippen LogP contribution in [0.4, 0.5) is 0 Å². The van der Waals surface area contributed by atoms with Gasteiger partial charge in [0.15, 0.2) is 0 Å². The van der Waals surface area contributed by atoms with E-state index >= 15 is 0 Å². The lowest BCUT2D eigenvalue weighted by Crippen LogP contribution is -2.07. The Morgan fingerprint density at radius 2 is 1.90 bits per heavy atom. The number of benzene rings is 1. The standard InChI is InChI=1S/C15H13ClN2O2/c1-10(2)19-15-14(16)7-13(9-18-15)20-12-5-3-11(8-17)4-6-12/h3-7,9-10H,1-2H3. The van der Waals surface area contributed by atoms with Crippen LogP contribution < -0.4 is 9.47 Å². The van der Waals surface area contributed by atoms with Crippen LogP contribution in [0.25, 0.3) is 0 Å². The Bertz CT molecular complexity index is 633. The summed E-state index contributed by atoms with van der Waals surface area (Å²) in [4.78, 5) is 4.12. The molecule has 20 heavy (non-hydrogen) atoms. The summed E-state index contributed by atoms with van der Waals surface area (Å²) in [7, 11) is 0. The van der Waals surface area contributed by atoms with Crippen molar-refractivity contribution in [2.75, 3.05) is 0 Å². The molecular weight excluding hydrogens is 276 g/mol. The number of rotatable bonds is 4. The minimum atomic E-state index is 0.00490. The first-order valence-corrected chi connectivity index (χ1v) is 6.46. The highest BCUT2D eigenvalue weighted by atomic mass is 35.5. The second kappa shape index (κ2) is 6.27. The van der Waals surface area contributed by atoms with Crippen molar-refractivity contribution < 1.29 is 9.47 Å². The van der Waals surface area contributed by atoms with Crippen LogP contribution in [0.15, 0.2) is 36.5 Å². The summed E-state index contributed by atoms with van der Waals surface area (Å²) in [5, 5.41) is 9.12. The maximum absolute atomic E-state index is 8.72. The molecule has 4 nitrogen and oxygen atoms in total.